The zero-order chi connectivity index (χ0) is 27.6. The van der Waals surface area contributed by atoms with Crippen molar-refractivity contribution in [1.82, 2.24) is 15.0 Å². The van der Waals surface area contributed by atoms with E-state index in [1.165, 1.54) is 11.3 Å². The van der Waals surface area contributed by atoms with E-state index in [1.807, 2.05) is 57.3 Å². The SMILES string of the molecule is CCOC(=O)C1CCC(O)(c2ncc(-c3cc(C)cc(Nc4nccc(C)n4)c3)s2)CC1c1ccccc1C. The Morgan fingerprint density at radius 1 is 1.15 bits per heavy atom. The zero-order valence-electron chi connectivity index (χ0n) is 22.8. The molecule has 1 aliphatic rings. The van der Waals surface area contributed by atoms with Crippen LogP contribution in [-0.4, -0.2) is 32.6 Å². The topological polar surface area (TPSA) is 97.2 Å². The Labute approximate surface area is 233 Å². The molecule has 0 bridgehead atoms. The van der Waals surface area contributed by atoms with Gasteiger partial charge < -0.3 is 15.2 Å². The molecule has 2 aromatic carbocycles. The fourth-order valence-electron chi connectivity index (χ4n) is 5.52. The van der Waals surface area contributed by atoms with Crippen LogP contribution < -0.4 is 5.32 Å². The average molecular weight is 543 g/mol. The van der Waals surface area contributed by atoms with Crippen LogP contribution in [0.15, 0.2) is 60.9 Å². The lowest BCUT2D eigenvalue weighted by Gasteiger charge is -2.40. The van der Waals surface area contributed by atoms with Crippen molar-refractivity contribution in [2.75, 3.05) is 11.9 Å². The number of carbonyl (C=O) groups excluding carboxylic acids is 1. The monoisotopic (exact) mass is 542 g/mol. The number of carbonyl (C=O) groups is 1. The predicted molar refractivity (Wildman–Crippen MR) is 154 cm³/mol. The van der Waals surface area contributed by atoms with Crippen molar-refractivity contribution < 1.29 is 14.6 Å². The quantitative estimate of drug-likeness (QED) is 0.254. The van der Waals surface area contributed by atoms with Gasteiger partial charge in [-0.3, -0.25) is 4.79 Å². The first-order valence-electron chi connectivity index (χ1n) is 13.4. The van der Waals surface area contributed by atoms with E-state index in [4.69, 9.17) is 9.72 Å². The van der Waals surface area contributed by atoms with Crippen molar-refractivity contribution in [2.45, 2.75) is 58.5 Å². The molecule has 8 heteroatoms. The highest BCUT2D eigenvalue weighted by Gasteiger charge is 2.46. The van der Waals surface area contributed by atoms with Crippen LogP contribution in [-0.2, 0) is 15.1 Å². The molecule has 2 heterocycles. The minimum absolute atomic E-state index is 0.152. The molecule has 3 atom stereocenters. The summed E-state index contributed by atoms with van der Waals surface area (Å²) in [4.78, 5) is 27.3. The van der Waals surface area contributed by atoms with Gasteiger partial charge in [0, 0.05) is 29.7 Å². The molecule has 1 aliphatic carbocycles. The molecule has 7 nitrogen and oxygen atoms in total. The van der Waals surface area contributed by atoms with Crippen LogP contribution in [0.1, 0.15) is 59.5 Å². The second-order valence-corrected chi connectivity index (χ2v) is 11.4. The molecule has 3 unspecified atom stereocenters. The Bertz CT molecular complexity index is 1490. The highest BCUT2D eigenvalue weighted by atomic mass is 32.1. The molecule has 5 rings (SSSR count). The van der Waals surface area contributed by atoms with E-state index < -0.39 is 5.60 Å². The standard InChI is InChI=1S/C31H34N4O3S/c1-5-38-28(36)25-10-12-31(37,17-26(25)24-9-7-6-8-20(24)3)29-33-18-27(39-29)22-14-19(2)15-23(16-22)35-30-32-13-11-21(4)34-30/h6-9,11,13-16,18,25-26,37H,5,10,12,17H2,1-4H3,(H,32,34,35). The number of hydrogen-bond donors (Lipinski definition) is 2. The Hall–Kier alpha value is -3.62. The van der Waals surface area contributed by atoms with Crippen LogP contribution in [0, 0.1) is 26.7 Å². The largest absolute Gasteiger partial charge is 0.466 e. The van der Waals surface area contributed by atoms with Gasteiger partial charge in [0.25, 0.3) is 0 Å². The number of benzene rings is 2. The molecule has 2 N–H and O–H groups in total. The number of aliphatic hydroxyl groups is 1. The molecule has 202 valence electrons. The maximum atomic E-state index is 12.9. The smallest absolute Gasteiger partial charge is 0.309 e. The number of hydrogen-bond acceptors (Lipinski definition) is 8. The first-order valence-corrected chi connectivity index (χ1v) is 14.2. The summed E-state index contributed by atoms with van der Waals surface area (Å²) in [5.74, 6) is -0.0862. The summed E-state index contributed by atoms with van der Waals surface area (Å²) in [5, 5.41) is 15.9. The van der Waals surface area contributed by atoms with E-state index in [9.17, 15) is 9.90 Å². The number of thiazole rings is 1. The Balaban J connectivity index is 1.43. The van der Waals surface area contributed by atoms with Crippen molar-refractivity contribution in [1.29, 1.82) is 0 Å². The van der Waals surface area contributed by atoms with Crippen molar-refractivity contribution in [3.63, 3.8) is 0 Å². The van der Waals surface area contributed by atoms with Gasteiger partial charge >= 0.3 is 5.97 Å². The lowest BCUT2D eigenvalue weighted by Crippen LogP contribution is -2.39. The van der Waals surface area contributed by atoms with Crippen molar-refractivity contribution in [3.8, 4) is 10.4 Å². The van der Waals surface area contributed by atoms with Crippen molar-refractivity contribution in [3.05, 3.63) is 88.3 Å². The molecule has 1 fully saturated rings. The van der Waals surface area contributed by atoms with Crippen LogP contribution in [0.2, 0.25) is 0 Å². The fraction of sp³-hybridized carbons (Fsp3) is 0.355. The average Bonchev–Trinajstić information content (AvgIpc) is 3.40. The number of nitrogens with zero attached hydrogens (tertiary/aromatic N) is 3. The summed E-state index contributed by atoms with van der Waals surface area (Å²) < 4.78 is 5.43. The van der Waals surface area contributed by atoms with Crippen molar-refractivity contribution >= 4 is 28.9 Å². The van der Waals surface area contributed by atoms with E-state index >= 15 is 0 Å². The Morgan fingerprint density at radius 2 is 1.97 bits per heavy atom. The molecule has 39 heavy (non-hydrogen) atoms. The van der Waals surface area contributed by atoms with Gasteiger partial charge in [-0.2, -0.15) is 0 Å². The van der Waals surface area contributed by atoms with Crippen molar-refractivity contribution in [2.24, 2.45) is 5.92 Å². The van der Waals surface area contributed by atoms with Gasteiger partial charge in [0.2, 0.25) is 5.95 Å². The maximum absolute atomic E-state index is 12.9. The molecule has 0 saturated heterocycles. The normalized spacial score (nSPS) is 20.9. The van der Waals surface area contributed by atoms with Crippen LogP contribution in [0.25, 0.3) is 10.4 Å². The molecule has 1 saturated carbocycles. The van der Waals surface area contributed by atoms with Gasteiger partial charge in [0.1, 0.15) is 10.6 Å². The minimum Gasteiger partial charge on any atom is -0.466 e. The molecular weight excluding hydrogens is 508 g/mol. The van der Waals surface area contributed by atoms with E-state index in [-0.39, 0.29) is 17.8 Å². The summed E-state index contributed by atoms with van der Waals surface area (Å²) in [6.07, 6.45) is 4.98. The third kappa shape index (κ3) is 5.87. The molecule has 4 aromatic rings. The molecule has 0 amide bonds. The van der Waals surface area contributed by atoms with Gasteiger partial charge in [-0.25, -0.2) is 15.0 Å². The van der Waals surface area contributed by atoms with E-state index in [0.29, 0.717) is 36.8 Å². The van der Waals surface area contributed by atoms with Gasteiger partial charge in [-0.1, -0.05) is 30.3 Å². The van der Waals surface area contributed by atoms with Gasteiger partial charge in [-0.15, -0.1) is 11.3 Å². The van der Waals surface area contributed by atoms with E-state index in [2.05, 4.69) is 40.4 Å². The highest BCUT2D eigenvalue weighted by Crippen LogP contribution is 2.49. The lowest BCUT2D eigenvalue weighted by atomic mass is 9.68. The number of rotatable bonds is 7. The summed E-state index contributed by atoms with van der Waals surface area (Å²) in [5.41, 5.74) is 4.94. The van der Waals surface area contributed by atoms with Gasteiger partial charge in [0.15, 0.2) is 0 Å². The number of anilines is 2. The Kier molecular flexibility index (Phi) is 7.77. The summed E-state index contributed by atoms with van der Waals surface area (Å²) in [7, 11) is 0. The second kappa shape index (κ2) is 11.2. The van der Waals surface area contributed by atoms with E-state index in [1.54, 1.807) is 6.20 Å². The van der Waals surface area contributed by atoms with Gasteiger partial charge in [0.05, 0.1) is 17.4 Å². The lowest BCUT2D eigenvalue weighted by molar-refractivity contribution is -0.152. The third-order valence-corrected chi connectivity index (χ3v) is 8.65. The minimum atomic E-state index is -1.13. The summed E-state index contributed by atoms with van der Waals surface area (Å²) in [6, 6.07) is 16.2. The molecule has 0 spiro atoms. The second-order valence-electron chi connectivity index (χ2n) is 10.4. The third-order valence-electron chi connectivity index (χ3n) is 7.41. The van der Waals surface area contributed by atoms with Crippen LogP contribution >= 0.6 is 11.3 Å². The molecule has 2 aromatic heterocycles. The maximum Gasteiger partial charge on any atom is 0.309 e. The predicted octanol–water partition coefficient (Wildman–Crippen LogP) is 6.60. The number of ether oxygens (including phenoxy) is 1. The van der Waals surface area contributed by atoms with Crippen LogP contribution in [0.4, 0.5) is 11.6 Å². The van der Waals surface area contributed by atoms with Crippen LogP contribution in [0.5, 0.6) is 0 Å². The van der Waals surface area contributed by atoms with E-state index in [0.717, 1.165) is 38.5 Å². The first kappa shape index (κ1) is 27.0. The highest BCUT2D eigenvalue weighted by molar-refractivity contribution is 7.15. The Morgan fingerprint density at radius 3 is 2.74 bits per heavy atom. The van der Waals surface area contributed by atoms with Crippen LogP contribution in [0.3, 0.4) is 0 Å². The summed E-state index contributed by atoms with van der Waals surface area (Å²) in [6.45, 7) is 8.21. The van der Waals surface area contributed by atoms with Gasteiger partial charge in [-0.05, 0) is 87.4 Å². The molecular formula is C31H34N4O3S. The number of nitrogens with one attached hydrogen (secondary N) is 1. The summed E-state index contributed by atoms with van der Waals surface area (Å²) >= 11 is 1.50. The molecule has 0 radical (unpaired) electrons. The fourth-order valence-corrected chi connectivity index (χ4v) is 6.55. The number of aromatic nitrogens is 3. The first-order chi connectivity index (χ1) is 18.8. The molecule has 0 aliphatic heterocycles. The number of aryl methyl sites for hydroxylation is 3. The number of esters is 1. The zero-order valence-corrected chi connectivity index (χ0v) is 23.6.